The van der Waals surface area contributed by atoms with Crippen LogP contribution in [-0.4, -0.2) is 8.42 Å². The molecule has 6 heteroatoms. The smallest absolute Gasteiger partial charge is 0.251 e. The molecule has 0 aliphatic carbocycles. The van der Waals surface area contributed by atoms with Gasteiger partial charge >= 0.3 is 0 Å². The third-order valence-electron chi connectivity index (χ3n) is 3.21. The summed E-state index contributed by atoms with van der Waals surface area (Å²) in [4.78, 5) is 12.0. The van der Waals surface area contributed by atoms with Crippen LogP contribution in [0.15, 0.2) is 64.3 Å². The minimum atomic E-state index is -3.69. The van der Waals surface area contributed by atoms with E-state index in [9.17, 15) is 13.2 Å². The molecule has 1 aromatic heterocycles. The largest absolute Gasteiger partial charge is 0.276 e. The van der Waals surface area contributed by atoms with Gasteiger partial charge < -0.3 is 0 Å². The molecule has 0 aliphatic heterocycles. The maximum atomic E-state index is 12.5. The first-order valence-corrected chi connectivity index (χ1v) is 9.30. The fraction of sp³-hybridized carbons (Fsp3) is 0.0625. The maximum Gasteiger partial charge on any atom is 0.251 e. The van der Waals surface area contributed by atoms with E-state index in [4.69, 9.17) is 11.6 Å². The second-order valence-corrected chi connectivity index (χ2v) is 8.23. The lowest BCUT2D eigenvalue weighted by Crippen LogP contribution is -2.14. The molecule has 0 amide bonds. The zero-order valence-corrected chi connectivity index (χ0v) is 13.7. The third kappa shape index (κ3) is 3.06. The number of fused-ring (bicyclic) bond motifs is 1. The van der Waals surface area contributed by atoms with Crippen LogP contribution >= 0.6 is 22.9 Å². The monoisotopic (exact) mass is 350 g/mol. The van der Waals surface area contributed by atoms with Gasteiger partial charge in [-0.15, -0.1) is 0 Å². The molecule has 0 fully saturated rings. The molecule has 0 saturated carbocycles. The number of hydrogen-bond donors (Lipinski definition) is 0. The third-order valence-corrected chi connectivity index (χ3v) is 6.28. The van der Waals surface area contributed by atoms with Crippen molar-refractivity contribution in [2.24, 2.45) is 0 Å². The fourth-order valence-corrected chi connectivity index (χ4v) is 4.87. The average Bonchev–Trinajstić information content (AvgIpc) is 2.48. The molecule has 3 nitrogen and oxygen atoms in total. The summed E-state index contributed by atoms with van der Waals surface area (Å²) in [6, 6.07) is 15.3. The van der Waals surface area contributed by atoms with E-state index in [0.717, 1.165) is 21.4 Å². The van der Waals surface area contributed by atoms with Crippen molar-refractivity contribution < 1.29 is 8.42 Å². The van der Waals surface area contributed by atoms with E-state index in [0.29, 0.717) is 10.6 Å². The van der Waals surface area contributed by atoms with Crippen LogP contribution in [0.2, 0.25) is 5.02 Å². The quantitative estimate of drug-likeness (QED) is 0.720. The molecule has 0 bridgehead atoms. The molecule has 1 heterocycles. The van der Waals surface area contributed by atoms with Crippen molar-refractivity contribution in [1.29, 1.82) is 0 Å². The predicted molar refractivity (Wildman–Crippen MR) is 90.4 cm³/mol. The van der Waals surface area contributed by atoms with Gasteiger partial charge in [0.05, 0.1) is 5.75 Å². The number of sulfone groups is 1. The van der Waals surface area contributed by atoms with E-state index in [2.05, 4.69) is 0 Å². The predicted octanol–water partition coefficient (Wildman–Crippen LogP) is 3.89. The van der Waals surface area contributed by atoms with Crippen LogP contribution in [0.25, 0.3) is 10.1 Å². The van der Waals surface area contributed by atoms with Crippen molar-refractivity contribution in [1.82, 2.24) is 0 Å². The second kappa shape index (κ2) is 5.83. The van der Waals surface area contributed by atoms with E-state index in [1.807, 2.05) is 12.1 Å². The van der Waals surface area contributed by atoms with Crippen molar-refractivity contribution in [3.05, 3.63) is 74.7 Å². The van der Waals surface area contributed by atoms with Crippen molar-refractivity contribution in [2.75, 3.05) is 0 Å². The summed E-state index contributed by atoms with van der Waals surface area (Å²) in [6.07, 6.45) is 0. The Labute approximate surface area is 136 Å². The van der Waals surface area contributed by atoms with Gasteiger partial charge in [-0.1, -0.05) is 53.3 Å². The van der Waals surface area contributed by atoms with Crippen molar-refractivity contribution in [3.63, 3.8) is 0 Å². The molecular weight excluding hydrogens is 340 g/mol. The van der Waals surface area contributed by atoms with E-state index in [1.165, 1.54) is 6.07 Å². The molecule has 0 unspecified atom stereocenters. The number of rotatable bonds is 3. The summed E-state index contributed by atoms with van der Waals surface area (Å²) in [7, 11) is -3.69. The Morgan fingerprint density at radius 3 is 2.41 bits per heavy atom. The molecular formula is C16H11ClO3S2. The van der Waals surface area contributed by atoms with E-state index in [-0.39, 0.29) is 10.6 Å². The Morgan fingerprint density at radius 1 is 1.00 bits per heavy atom. The summed E-state index contributed by atoms with van der Waals surface area (Å²) in [6.45, 7) is 0. The first-order valence-electron chi connectivity index (χ1n) is 6.46. The number of halogens is 1. The topological polar surface area (TPSA) is 51.2 Å². The molecule has 3 rings (SSSR count). The van der Waals surface area contributed by atoms with Crippen molar-refractivity contribution in [3.8, 4) is 0 Å². The zero-order chi connectivity index (χ0) is 15.7. The van der Waals surface area contributed by atoms with Gasteiger partial charge in [0, 0.05) is 9.72 Å². The highest BCUT2D eigenvalue weighted by atomic mass is 35.5. The molecule has 0 radical (unpaired) electrons. The summed E-state index contributed by atoms with van der Waals surface area (Å²) in [5.74, 6) is -0.218. The highest BCUT2D eigenvalue weighted by Crippen LogP contribution is 2.22. The van der Waals surface area contributed by atoms with Crippen LogP contribution in [0, 0.1) is 0 Å². The van der Waals surface area contributed by atoms with Gasteiger partial charge in [0.2, 0.25) is 0 Å². The Morgan fingerprint density at radius 2 is 1.68 bits per heavy atom. The lowest BCUT2D eigenvalue weighted by molar-refractivity contribution is 0.595. The molecule has 0 N–H and O–H groups in total. The van der Waals surface area contributed by atoms with Crippen molar-refractivity contribution in [2.45, 2.75) is 10.6 Å². The Kier molecular flexibility index (Phi) is 4.04. The van der Waals surface area contributed by atoms with Crippen LogP contribution in [-0.2, 0) is 15.6 Å². The molecule has 0 spiro atoms. The van der Waals surface area contributed by atoms with Gasteiger partial charge in [0.15, 0.2) is 9.84 Å². The first-order chi connectivity index (χ1) is 10.5. The average molecular weight is 351 g/mol. The zero-order valence-electron chi connectivity index (χ0n) is 11.3. The van der Waals surface area contributed by atoms with Gasteiger partial charge in [-0.25, -0.2) is 8.42 Å². The maximum absolute atomic E-state index is 12.5. The SMILES string of the molecule is O=c1sc2ccccc2cc1S(=O)(=O)Cc1ccc(Cl)cc1. The minimum Gasteiger partial charge on any atom is -0.276 e. The van der Waals surface area contributed by atoms with Gasteiger partial charge in [-0.3, -0.25) is 4.79 Å². The van der Waals surface area contributed by atoms with Gasteiger partial charge in [0.1, 0.15) is 4.90 Å². The molecule has 3 aromatic rings. The summed E-state index contributed by atoms with van der Waals surface area (Å²) in [5.41, 5.74) is 0.599. The van der Waals surface area contributed by atoms with Gasteiger partial charge in [0.25, 0.3) is 4.74 Å². The van der Waals surface area contributed by atoms with Crippen LogP contribution in [0.1, 0.15) is 5.56 Å². The van der Waals surface area contributed by atoms with E-state index < -0.39 is 14.6 Å². The molecule has 0 saturated heterocycles. The second-order valence-electron chi connectivity index (χ2n) is 4.82. The van der Waals surface area contributed by atoms with Crippen LogP contribution < -0.4 is 4.74 Å². The normalized spacial score (nSPS) is 11.7. The standard InChI is InChI=1S/C16H11ClO3S2/c17-13-7-5-11(6-8-13)10-22(19,20)15-9-12-3-1-2-4-14(12)21-16(15)18/h1-9H,10H2. The van der Waals surface area contributed by atoms with Gasteiger partial charge in [-0.05, 0) is 35.2 Å². The Bertz CT molecular complexity index is 990. The Balaban J connectivity index is 2.07. The van der Waals surface area contributed by atoms with Crippen LogP contribution in [0.5, 0.6) is 0 Å². The van der Waals surface area contributed by atoms with Crippen molar-refractivity contribution >= 4 is 42.9 Å². The highest BCUT2D eigenvalue weighted by molar-refractivity contribution is 7.90. The molecule has 2 aromatic carbocycles. The fourth-order valence-electron chi connectivity index (χ4n) is 2.14. The molecule has 0 atom stereocenters. The Hall–Kier alpha value is -1.69. The lowest BCUT2D eigenvalue weighted by Gasteiger charge is -2.05. The minimum absolute atomic E-state index is 0.147. The van der Waals surface area contributed by atoms with E-state index >= 15 is 0 Å². The summed E-state index contributed by atoms with van der Waals surface area (Å²) in [5, 5.41) is 1.29. The van der Waals surface area contributed by atoms with Crippen LogP contribution in [0.4, 0.5) is 0 Å². The van der Waals surface area contributed by atoms with Crippen LogP contribution in [0.3, 0.4) is 0 Å². The number of benzene rings is 2. The molecule has 22 heavy (non-hydrogen) atoms. The van der Waals surface area contributed by atoms with Gasteiger partial charge in [-0.2, -0.15) is 0 Å². The lowest BCUT2D eigenvalue weighted by atomic mass is 10.2. The number of hydrogen-bond acceptors (Lipinski definition) is 4. The first kappa shape index (κ1) is 15.2. The molecule has 112 valence electrons. The molecule has 0 aliphatic rings. The van der Waals surface area contributed by atoms with E-state index in [1.54, 1.807) is 36.4 Å². The highest BCUT2D eigenvalue weighted by Gasteiger charge is 2.20. The summed E-state index contributed by atoms with van der Waals surface area (Å²) >= 11 is 6.75. The summed E-state index contributed by atoms with van der Waals surface area (Å²) < 4.78 is 25.4.